The van der Waals surface area contributed by atoms with Crippen molar-refractivity contribution in [3.63, 3.8) is 0 Å². The van der Waals surface area contributed by atoms with E-state index in [4.69, 9.17) is 4.42 Å². The van der Waals surface area contributed by atoms with Gasteiger partial charge in [-0.1, -0.05) is 127 Å². The third kappa shape index (κ3) is 2.92. The third-order valence-electron chi connectivity index (χ3n) is 7.65. The van der Waals surface area contributed by atoms with Crippen LogP contribution in [0.25, 0.3) is 76.5 Å². The molecule has 8 rings (SSSR count). The maximum atomic E-state index is 6.66. The fraction of sp³-hybridized carbons (Fsp3) is 0. The molecule has 0 unspecified atom stereocenters. The molecule has 7 aromatic carbocycles. The fourth-order valence-corrected chi connectivity index (χ4v) is 6.10. The van der Waals surface area contributed by atoms with E-state index in [9.17, 15) is 0 Å². The van der Waals surface area contributed by atoms with Crippen molar-refractivity contribution in [3.8, 4) is 22.3 Å². The molecule has 0 fully saturated rings. The van der Waals surface area contributed by atoms with Gasteiger partial charge in [0.25, 0.3) is 0 Å². The van der Waals surface area contributed by atoms with Crippen molar-refractivity contribution in [2.75, 3.05) is 0 Å². The molecule has 8 aromatic rings. The predicted octanol–water partition coefficient (Wildman–Crippen LogP) is 10.4. The summed E-state index contributed by atoms with van der Waals surface area (Å²) >= 11 is 0. The van der Waals surface area contributed by atoms with Gasteiger partial charge in [-0.15, -0.1) is 0 Å². The van der Waals surface area contributed by atoms with Crippen molar-refractivity contribution in [3.05, 3.63) is 133 Å². The Hall–Kier alpha value is -4.88. The van der Waals surface area contributed by atoms with Gasteiger partial charge in [0.1, 0.15) is 11.2 Å². The minimum atomic E-state index is 0.927. The van der Waals surface area contributed by atoms with Crippen LogP contribution in [0.5, 0.6) is 0 Å². The molecular formula is C36H22O. The molecule has 0 aliphatic rings. The van der Waals surface area contributed by atoms with Gasteiger partial charge in [-0.25, -0.2) is 0 Å². The average Bonchev–Trinajstić information content (AvgIpc) is 3.36. The van der Waals surface area contributed by atoms with E-state index in [1.165, 1.54) is 54.4 Å². The molecule has 0 saturated carbocycles. The first-order chi connectivity index (χ1) is 18.4. The van der Waals surface area contributed by atoms with E-state index in [0.29, 0.717) is 0 Å². The lowest BCUT2D eigenvalue weighted by molar-refractivity contribution is 0.670. The largest absolute Gasteiger partial charge is 0.455 e. The predicted molar refractivity (Wildman–Crippen MR) is 157 cm³/mol. The Morgan fingerprint density at radius 2 is 0.946 bits per heavy atom. The van der Waals surface area contributed by atoms with Gasteiger partial charge in [-0.3, -0.25) is 0 Å². The highest BCUT2D eigenvalue weighted by Crippen LogP contribution is 2.46. The van der Waals surface area contributed by atoms with Crippen molar-refractivity contribution in [2.24, 2.45) is 0 Å². The molecule has 0 aliphatic carbocycles. The van der Waals surface area contributed by atoms with Crippen LogP contribution in [0.15, 0.2) is 138 Å². The normalized spacial score (nSPS) is 11.8. The second-order valence-corrected chi connectivity index (χ2v) is 9.65. The number of rotatable bonds is 2. The molecule has 0 radical (unpaired) electrons. The molecule has 0 aliphatic heterocycles. The van der Waals surface area contributed by atoms with E-state index < -0.39 is 0 Å². The Morgan fingerprint density at radius 1 is 0.378 bits per heavy atom. The standard InChI is InChI=1S/C36H22O/c1-2-12-24(13-3-1)33-26-15-6-8-17-28(26)34(29-18-9-7-16-27(29)33)30-19-10-20-31-35-25-14-5-4-11-23(25)21-22-32(35)37-36(30)31/h1-22H. The van der Waals surface area contributed by atoms with Crippen molar-refractivity contribution >= 4 is 54.3 Å². The highest BCUT2D eigenvalue weighted by molar-refractivity contribution is 6.26. The molecule has 1 heterocycles. The molecule has 0 spiro atoms. The molecule has 1 nitrogen and oxygen atoms in total. The lowest BCUT2D eigenvalue weighted by Crippen LogP contribution is -1.90. The van der Waals surface area contributed by atoms with Gasteiger partial charge in [0.15, 0.2) is 0 Å². The molecular weight excluding hydrogens is 448 g/mol. The first-order valence-electron chi connectivity index (χ1n) is 12.7. The monoisotopic (exact) mass is 470 g/mol. The molecule has 0 bridgehead atoms. The van der Waals surface area contributed by atoms with Crippen molar-refractivity contribution in [2.45, 2.75) is 0 Å². The van der Waals surface area contributed by atoms with Gasteiger partial charge in [-0.05, 0) is 49.5 Å². The molecule has 0 saturated heterocycles. The number of hydrogen-bond donors (Lipinski definition) is 0. The summed E-state index contributed by atoms with van der Waals surface area (Å²) in [6.45, 7) is 0. The van der Waals surface area contributed by atoms with Gasteiger partial charge >= 0.3 is 0 Å². The first-order valence-corrected chi connectivity index (χ1v) is 12.7. The lowest BCUT2D eigenvalue weighted by atomic mass is 9.85. The molecule has 1 aromatic heterocycles. The molecule has 0 atom stereocenters. The van der Waals surface area contributed by atoms with Gasteiger partial charge in [0, 0.05) is 21.9 Å². The summed E-state index contributed by atoms with van der Waals surface area (Å²) in [7, 11) is 0. The van der Waals surface area contributed by atoms with Crippen molar-refractivity contribution in [1.82, 2.24) is 0 Å². The Morgan fingerprint density at radius 3 is 1.65 bits per heavy atom. The second-order valence-electron chi connectivity index (χ2n) is 9.65. The zero-order chi connectivity index (χ0) is 24.3. The van der Waals surface area contributed by atoms with Crippen LogP contribution in [-0.4, -0.2) is 0 Å². The Balaban J connectivity index is 1.56. The van der Waals surface area contributed by atoms with E-state index in [-0.39, 0.29) is 0 Å². The van der Waals surface area contributed by atoms with Crippen LogP contribution >= 0.6 is 0 Å². The highest BCUT2D eigenvalue weighted by Gasteiger charge is 2.20. The molecule has 0 amide bonds. The maximum absolute atomic E-state index is 6.66. The van der Waals surface area contributed by atoms with Crippen molar-refractivity contribution < 1.29 is 4.42 Å². The van der Waals surface area contributed by atoms with Crippen LogP contribution in [0.4, 0.5) is 0 Å². The van der Waals surface area contributed by atoms with Crippen LogP contribution < -0.4 is 0 Å². The number of benzene rings is 7. The molecule has 1 heteroatoms. The summed E-state index contributed by atoms with van der Waals surface area (Å²) in [5, 5.41) is 9.77. The lowest BCUT2D eigenvalue weighted by Gasteiger charge is -2.17. The van der Waals surface area contributed by atoms with E-state index >= 15 is 0 Å². The topological polar surface area (TPSA) is 13.1 Å². The van der Waals surface area contributed by atoms with Crippen LogP contribution in [0.1, 0.15) is 0 Å². The zero-order valence-electron chi connectivity index (χ0n) is 20.1. The summed E-state index contributed by atoms with van der Waals surface area (Å²) in [4.78, 5) is 0. The molecule has 0 N–H and O–H groups in total. The smallest absolute Gasteiger partial charge is 0.143 e. The minimum absolute atomic E-state index is 0.927. The van der Waals surface area contributed by atoms with Crippen molar-refractivity contribution in [1.29, 1.82) is 0 Å². The third-order valence-corrected chi connectivity index (χ3v) is 7.65. The van der Waals surface area contributed by atoms with E-state index in [2.05, 4.69) is 133 Å². The number of furan rings is 1. The van der Waals surface area contributed by atoms with Gasteiger partial charge in [0.05, 0.1) is 0 Å². The van der Waals surface area contributed by atoms with Crippen LogP contribution in [-0.2, 0) is 0 Å². The summed E-state index contributed by atoms with van der Waals surface area (Å²) in [5.41, 5.74) is 6.73. The van der Waals surface area contributed by atoms with Gasteiger partial charge < -0.3 is 4.42 Å². The number of para-hydroxylation sites is 1. The quantitative estimate of drug-likeness (QED) is 0.229. The molecule has 172 valence electrons. The minimum Gasteiger partial charge on any atom is -0.455 e. The molecule has 37 heavy (non-hydrogen) atoms. The van der Waals surface area contributed by atoms with Gasteiger partial charge in [0.2, 0.25) is 0 Å². The summed E-state index contributed by atoms with van der Waals surface area (Å²) in [5.74, 6) is 0. The first kappa shape index (κ1) is 20.3. The van der Waals surface area contributed by atoms with Crippen LogP contribution in [0, 0.1) is 0 Å². The number of fused-ring (bicyclic) bond motifs is 7. The zero-order valence-corrected chi connectivity index (χ0v) is 20.1. The SMILES string of the molecule is c1ccc(-c2c3ccccc3c(-c3cccc4c3oc3ccc5ccccc5c34)c3ccccc23)cc1. The highest BCUT2D eigenvalue weighted by atomic mass is 16.3. The van der Waals surface area contributed by atoms with E-state index in [1.54, 1.807) is 0 Å². The second kappa shape index (κ2) is 7.81. The van der Waals surface area contributed by atoms with Gasteiger partial charge in [-0.2, -0.15) is 0 Å². The Kier molecular flexibility index (Phi) is 4.29. The summed E-state index contributed by atoms with van der Waals surface area (Å²) in [6.07, 6.45) is 0. The van der Waals surface area contributed by atoms with E-state index in [0.717, 1.165) is 22.1 Å². The summed E-state index contributed by atoms with van der Waals surface area (Å²) in [6, 6.07) is 47.7. The van der Waals surface area contributed by atoms with Crippen LogP contribution in [0.3, 0.4) is 0 Å². The fourth-order valence-electron chi connectivity index (χ4n) is 6.10. The van der Waals surface area contributed by atoms with E-state index in [1.807, 2.05) is 0 Å². The number of hydrogen-bond acceptors (Lipinski definition) is 1. The Bertz CT molecular complexity index is 2070. The average molecular weight is 471 g/mol. The van der Waals surface area contributed by atoms with Crippen LogP contribution in [0.2, 0.25) is 0 Å². The maximum Gasteiger partial charge on any atom is 0.143 e. The summed E-state index contributed by atoms with van der Waals surface area (Å²) < 4.78 is 6.66. The Labute approximate surface area is 214 Å².